The number of rotatable bonds is 3. The van der Waals surface area contributed by atoms with Gasteiger partial charge in [0.2, 0.25) is 0 Å². The Bertz CT molecular complexity index is 179. The molecule has 0 spiro atoms. The summed E-state index contributed by atoms with van der Waals surface area (Å²) in [6.45, 7) is 0. The summed E-state index contributed by atoms with van der Waals surface area (Å²) in [5, 5.41) is 10.2. The Hall–Kier alpha value is -0.0800. The predicted molar refractivity (Wildman–Crippen MR) is 53.4 cm³/mol. The van der Waals surface area contributed by atoms with E-state index in [0.717, 1.165) is 38.0 Å². The standard InChI is InChI=1S/C11H21NO/c12-10-2-1-6-11(13,8-10)7-5-9-3-4-9/h9-10,13H,1-8,12H2. The third-order valence-electron chi connectivity index (χ3n) is 3.57. The summed E-state index contributed by atoms with van der Waals surface area (Å²) in [6.07, 6.45) is 9.03. The molecule has 2 fully saturated rings. The van der Waals surface area contributed by atoms with Gasteiger partial charge in [0.1, 0.15) is 0 Å². The van der Waals surface area contributed by atoms with Gasteiger partial charge in [-0.05, 0) is 44.4 Å². The van der Waals surface area contributed by atoms with Crippen LogP contribution in [0.5, 0.6) is 0 Å². The maximum atomic E-state index is 10.2. The first kappa shape index (κ1) is 9.47. The maximum Gasteiger partial charge on any atom is 0.0662 e. The van der Waals surface area contributed by atoms with E-state index in [-0.39, 0.29) is 6.04 Å². The monoisotopic (exact) mass is 183 g/mol. The summed E-state index contributed by atoms with van der Waals surface area (Å²) < 4.78 is 0. The number of hydrogen-bond donors (Lipinski definition) is 2. The molecule has 2 nitrogen and oxygen atoms in total. The summed E-state index contributed by atoms with van der Waals surface area (Å²) in [5.74, 6) is 0.933. The van der Waals surface area contributed by atoms with Gasteiger partial charge >= 0.3 is 0 Å². The van der Waals surface area contributed by atoms with E-state index in [1.165, 1.54) is 19.3 Å². The Balaban J connectivity index is 1.78. The van der Waals surface area contributed by atoms with Crippen molar-refractivity contribution in [2.24, 2.45) is 11.7 Å². The average molecular weight is 183 g/mol. The van der Waals surface area contributed by atoms with Crippen molar-refractivity contribution in [1.82, 2.24) is 0 Å². The average Bonchev–Trinajstić information content (AvgIpc) is 2.83. The van der Waals surface area contributed by atoms with Crippen molar-refractivity contribution in [1.29, 1.82) is 0 Å². The molecule has 0 aromatic carbocycles. The van der Waals surface area contributed by atoms with Gasteiger partial charge in [0.15, 0.2) is 0 Å². The second kappa shape index (κ2) is 3.58. The van der Waals surface area contributed by atoms with Crippen LogP contribution < -0.4 is 5.73 Å². The molecule has 2 unspecified atom stereocenters. The van der Waals surface area contributed by atoms with Crippen molar-refractivity contribution >= 4 is 0 Å². The van der Waals surface area contributed by atoms with Gasteiger partial charge in [0, 0.05) is 6.04 Å². The van der Waals surface area contributed by atoms with Crippen LogP contribution in [-0.2, 0) is 0 Å². The Morgan fingerprint density at radius 1 is 1.31 bits per heavy atom. The van der Waals surface area contributed by atoms with Crippen molar-refractivity contribution < 1.29 is 5.11 Å². The minimum atomic E-state index is -0.403. The molecule has 76 valence electrons. The Morgan fingerprint density at radius 3 is 2.69 bits per heavy atom. The highest BCUT2D eigenvalue weighted by molar-refractivity contribution is 4.89. The van der Waals surface area contributed by atoms with Gasteiger partial charge in [-0.25, -0.2) is 0 Å². The van der Waals surface area contributed by atoms with Crippen molar-refractivity contribution in [3.05, 3.63) is 0 Å². The van der Waals surface area contributed by atoms with Crippen molar-refractivity contribution in [2.45, 2.75) is 63.0 Å². The van der Waals surface area contributed by atoms with Crippen molar-refractivity contribution in [3.8, 4) is 0 Å². The first-order valence-corrected chi connectivity index (χ1v) is 5.66. The summed E-state index contributed by atoms with van der Waals surface area (Å²) in [4.78, 5) is 0. The number of nitrogens with two attached hydrogens (primary N) is 1. The van der Waals surface area contributed by atoms with E-state index < -0.39 is 5.60 Å². The largest absolute Gasteiger partial charge is 0.390 e. The molecule has 0 aliphatic heterocycles. The number of aliphatic hydroxyl groups is 1. The Labute approximate surface area is 80.5 Å². The van der Waals surface area contributed by atoms with Crippen LogP contribution in [0.1, 0.15) is 51.4 Å². The van der Waals surface area contributed by atoms with E-state index in [2.05, 4.69) is 0 Å². The molecule has 0 bridgehead atoms. The quantitative estimate of drug-likeness (QED) is 0.701. The highest BCUT2D eigenvalue weighted by Gasteiger charge is 2.34. The van der Waals surface area contributed by atoms with Crippen LogP contribution in [-0.4, -0.2) is 16.7 Å². The maximum absolute atomic E-state index is 10.2. The highest BCUT2D eigenvalue weighted by Crippen LogP contribution is 2.39. The van der Waals surface area contributed by atoms with Crippen LogP contribution in [0.2, 0.25) is 0 Å². The van der Waals surface area contributed by atoms with Crippen LogP contribution in [0.25, 0.3) is 0 Å². The van der Waals surface area contributed by atoms with Crippen LogP contribution in [0.15, 0.2) is 0 Å². The van der Waals surface area contributed by atoms with Gasteiger partial charge in [0.05, 0.1) is 5.60 Å². The van der Waals surface area contributed by atoms with Gasteiger partial charge in [-0.3, -0.25) is 0 Å². The fourth-order valence-electron chi connectivity index (χ4n) is 2.49. The van der Waals surface area contributed by atoms with Gasteiger partial charge in [-0.2, -0.15) is 0 Å². The van der Waals surface area contributed by atoms with Crippen LogP contribution >= 0.6 is 0 Å². The van der Waals surface area contributed by atoms with Gasteiger partial charge < -0.3 is 10.8 Å². The fraction of sp³-hybridized carbons (Fsp3) is 1.00. The molecule has 0 amide bonds. The zero-order chi connectivity index (χ0) is 9.31. The van der Waals surface area contributed by atoms with E-state index >= 15 is 0 Å². The molecule has 3 N–H and O–H groups in total. The molecule has 0 aromatic heterocycles. The highest BCUT2D eigenvalue weighted by atomic mass is 16.3. The number of hydrogen-bond acceptors (Lipinski definition) is 2. The van der Waals surface area contributed by atoms with Gasteiger partial charge in [-0.1, -0.05) is 12.8 Å². The minimum absolute atomic E-state index is 0.248. The molecule has 2 saturated carbocycles. The predicted octanol–water partition coefficient (Wildman–Crippen LogP) is 1.81. The first-order chi connectivity index (χ1) is 6.18. The molecule has 2 aliphatic rings. The lowest BCUT2D eigenvalue weighted by molar-refractivity contribution is -0.0126. The topological polar surface area (TPSA) is 46.2 Å². The van der Waals surface area contributed by atoms with E-state index in [1.54, 1.807) is 0 Å². The molecule has 0 saturated heterocycles. The molecular formula is C11H21NO. The van der Waals surface area contributed by atoms with E-state index in [0.29, 0.717) is 0 Å². The normalized spacial score (nSPS) is 40.6. The van der Waals surface area contributed by atoms with E-state index in [1.807, 2.05) is 0 Å². The zero-order valence-corrected chi connectivity index (χ0v) is 8.34. The molecule has 2 heteroatoms. The molecule has 0 aromatic rings. The molecule has 2 aliphatic carbocycles. The van der Waals surface area contributed by atoms with Gasteiger partial charge in [0.25, 0.3) is 0 Å². The van der Waals surface area contributed by atoms with Crippen LogP contribution in [0.4, 0.5) is 0 Å². The molecule has 2 atom stereocenters. The van der Waals surface area contributed by atoms with Gasteiger partial charge in [-0.15, -0.1) is 0 Å². The smallest absolute Gasteiger partial charge is 0.0662 e. The lowest BCUT2D eigenvalue weighted by Crippen LogP contribution is -2.41. The third-order valence-corrected chi connectivity index (χ3v) is 3.57. The van der Waals surface area contributed by atoms with Crippen molar-refractivity contribution in [3.63, 3.8) is 0 Å². The molecule has 0 heterocycles. The second-order valence-corrected chi connectivity index (χ2v) is 5.06. The first-order valence-electron chi connectivity index (χ1n) is 5.66. The second-order valence-electron chi connectivity index (χ2n) is 5.06. The third kappa shape index (κ3) is 2.68. The molecular weight excluding hydrogens is 162 g/mol. The zero-order valence-electron chi connectivity index (χ0n) is 8.34. The van der Waals surface area contributed by atoms with E-state index in [4.69, 9.17) is 5.73 Å². The molecule has 2 rings (SSSR count). The Kier molecular flexibility index (Phi) is 2.61. The Morgan fingerprint density at radius 2 is 2.08 bits per heavy atom. The SMILES string of the molecule is NC1CCCC(O)(CCC2CC2)C1. The summed E-state index contributed by atoms with van der Waals surface area (Å²) in [7, 11) is 0. The summed E-state index contributed by atoms with van der Waals surface area (Å²) in [5.41, 5.74) is 5.47. The lowest BCUT2D eigenvalue weighted by atomic mass is 9.79. The van der Waals surface area contributed by atoms with Crippen LogP contribution in [0, 0.1) is 5.92 Å². The van der Waals surface area contributed by atoms with Crippen molar-refractivity contribution in [2.75, 3.05) is 0 Å². The van der Waals surface area contributed by atoms with E-state index in [9.17, 15) is 5.11 Å². The summed E-state index contributed by atoms with van der Waals surface area (Å²) in [6, 6.07) is 0.248. The van der Waals surface area contributed by atoms with Crippen LogP contribution in [0.3, 0.4) is 0 Å². The fourth-order valence-corrected chi connectivity index (χ4v) is 2.49. The lowest BCUT2D eigenvalue weighted by Gasteiger charge is -2.35. The summed E-state index contributed by atoms with van der Waals surface area (Å²) >= 11 is 0. The molecule has 0 radical (unpaired) electrons. The molecule has 13 heavy (non-hydrogen) atoms. The minimum Gasteiger partial charge on any atom is -0.390 e.